The van der Waals surface area contributed by atoms with E-state index < -0.39 is 0 Å². The number of halogens is 2. The summed E-state index contributed by atoms with van der Waals surface area (Å²) in [5.74, 6) is 0.615. The molecule has 9 heteroatoms. The van der Waals surface area contributed by atoms with Crippen LogP contribution in [0, 0.1) is 5.92 Å². The number of anilines is 1. The molecule has 2 N–H and O–H groups in total. The summed E-state index contributed by atoms with van der Waals surface area (Å²) in [6.45, 7) is 8.96. The quantitative estimate of drug-likeness (QED) is 0.787. The van der Waals surface area contributed by atoms with Gasteiger partial charge in [-0.25, -0.2) is 4.98 Å². The number of amides is 1. The van der Waals surface area contributed by atoms with Gasteiger partial charge in [0.05, 0.1) is 9.58 Å². The van der Waals surface area contributed by atoms with Gasteiger partial charge >= 0.3 is 0 Å². The summed E-state index contributed by atoms with van der Waals surface area (Å²) in [4.78, 5) is 20.8. The standard InChI is InChI=1S/C14H20N4OS2.2ClH/c1-3-18(4-2)14-17-13-11(21-14)5-10(20-13)12(19)16-8-9-6-15-7-9;;/h5,9,15H,3-4,6-8H2,1-2H3,(H,16,19);2*1H. The number of rotatable bonds is 6. The second-order valence-corrected chi connectivity index (χ2v) is 7.22. The molecule has 1 aliphatic heterocycles. The van der Waals surface area contributed by atoms with Crippen LogP contribution in [0.5, 0.6) is 0 Å². The summed E-state index contributed by atoms with van der Waals surface area (Å²) in [5, 5.41) is 7.27. The van der Waals surface area contributed by atoms with Gasteiger partial charge in [-0.1, -0.05) is 11.3 Å². The van der Waals surface area contributed by atoms with Gasteiger partial charge in [-0.15, -0.1) is 36.2 Å². The van der Waals surface area contributed by atoms with Gasteiger partial charge in [0, 0.05) is 38.6 Å². The van der Waals surface area contributed by atoms with Crippen LogP contribution in [0.15, 0.2) is 6.07 Å². The average molecular weight is 397 g/mol. The van der Waals surface area contributed by atoms with E-state index in [1.807, 2.05) is 6.07 Å². The Hall–Kier alpha value is -0.600. The molecule has 0 aromatic carbocycles. The average Bonchev–Trinajstić information content (AvgIpc) is 2.96. The minimum atomic E-state index is 0. The number of carbonyl (C=O) groups excluding carboxylic acids is 1. The highest BCUT2D eigenvalue weighted by atomic mass is 35.5. The first kappa shape index (κ1) is 20.4. The van der Waals surface area contributed by atoms with Crippen LogP contribution in [-0.4, -0.2) is 43.6 Å². The van der Waals surface area contributed by atoms with Crippen LogP contribution in [0.4, 0.5) is 5.13 Å². The lowest BCUT2D eigenvalue weighted by Gasteiger charge is -2.26. The van der Waals surface area contributed by atoms with Crippen molar-refractivity contribution in [3.63, 3.8) is 0 Å². The highest BCUT2D eigenvalue weighted by Crippen LogP contribution is 2.34. The summed E-state index contributed by atoms with van der Waals surface area (Å²) in [6, 6.07) is 1.97. The summed E-state index contributed by atoms with van der Waals surface area (Å²) >= 11 is 3.15. The van der Waals surface area contributed by atoms with Crippen molar-refractivity contribution in [3.05, 3.63) is 10.9 Å². The fourth-order valence-corrected chi connectivity index (χ4v) is 4.54. The third kappa shape index (κ3) is 4.48. The van der Waals surface area contributed by atoms with E-state index in [1.54, 1.807) is 11.3 Å². The Morgan fingerprint density at radius 1 is 1.35 bits per heavy atom. The van der Waals surface area contributed by atoms with Crippen LogP contribution in [0.2, 0.25) is 0 Å². The lowest BCUT2D eigenvalue weighted by molar-refractivity contribution is 0.0946. The Kier molecular flexibility index (Phi) is 8.03. The fourth-order valence-electron chi connectivity index (χ4n) is 2.28. The molecule has 0 spiro atoms. The van der Waals surface area contributed by atoms with Crippen LogP contribution in [0.1, 0.15) is 23.5 Å². The number of thiazole rings is 1. The highest BCUT2D eigenvalue weighted by molar-refractivity contribution is 7.29. The monoisotopic (exact) mass is 396 g/mol. The number of nitrogens with zero attached hydrogens (tertiary/aromatic N) is 2. The molecule has 23 heavy (non-hydrogen) atoms. The van der Waals surface area contributed by atoms with E-state index in [9.17, 15) is 4.79 Å². The number of aromatic nitrogens is 1. The molecule has 2 aromatic rings. The Bertz CT molecular complexity index is 606. The SMILES string of the molecule is CCN(CC)c1nc2sc(C(=O)NCC3CNC3)cc2s1.Cl.Cl. The van der Waals surface area contributed by atoms with E-state index in [2.05, 4.69) is 34.4 Å². The Morgan fingerprint density at radius 3 is 2.57 bits per heavy atom. The molecule has 1 saturated heterocycles. The van der Waals surface area contributed by atoms with Crippen molar-refractivity contribution in [2.24, 2.45) is 5.92 Å². The molecule has 0 bridgehead atoms. The zero-order valence-corrected chi connectivity index (χ0v) is 16.4. The first-order chi connectivity index (χ1) is 10.2. The van der Waals surface area contributed by atoms with Crippen molar-refractivity contribution in [1.82, 2.24) is 15.6 Å². The molecule has 2 aromatic heterocycles. The topological polar surface area (TPSA) is 57.3 Å². The molecule has 1 fully saturated rings. The van der Waals surface area contributed by atoms with Crippen molar-refractivity contribution >= 4 is 68.1 Å². The summed E-state index contributed by atoms with van der Waals surface area (Å²) in [6.07, 6.45) is 0. The zero-order valence-electron chi connectivity index (χ0n) is 13.1. The highest BCUT2D eigenvalue weighted by Gasteiger charge is 2.19. The van der Waals surface area contributed by atoms with Gasteiger partial charge in [-0.3, -0.25) is 4.79 Å². The molecule has 3 rings (SSSR count). The third-order valence-electron chi connectivity index (χ3n) is 3.75. The summed E-state index contributed by atoms with van der Waals surface area (Å²) in [5.41, 5.74) is 0. The van der Waals surface area contributed by atoms with Crippen LogP contribution < -0.4 is 15.5 Å². The van der Waals surface area contributed by atoms with Crippen molar-refractivity contribution < 1.29 is 4.79 Å². The third-order valence-corrected chi connectivity index (χ3v) is 5.97. The molecule has 0 atom stereocenters. The van der Waals surface area contributed by atoms with E-state index in [0.717, 1.165) is 52.3 Å². The van der Waals surface area contributed by atoms with E-state index >= 15 is 0 Å². The molecule has 130 valence electrons. The van der Waals surface area contributed by atoms with E-state index in [-0.39, 0.29) is 30.7 Å². The molecular formula is C14H22Cl2N4OS2. The normalized spacial score (nSPS) is 13.8. The van der Waals surface area contributed by atoms with Gasteiger partial charge in [-0.2, -0.15) is 0 Å². The lowest BCUT2D eigenvalue weighted by Crippen LogP contribution is -2.48. The molecule has 0 unspecified atom stereocenters. The van der Waals surface area contributed by atoms with Gasteiger partial charge < -0.3 is 15.5 Å². The Balaban J connectivity index is 0.00000132. The Morgan fingerprint density at radius 2 is 2.04 bits per heavy atom. The van der Waals surface area contributed by atoms with Crippen LogP contribution in [0.3, 0.4) is 0 Å². The van der Waals surface area contributed by atoms with Crippen molar-refractivity contribution in [2.75, 3.05) is 37.6 Å². The molecular weight excluding hydrogens is 375 g/mol. The minimum Gasteiger partial charge on any atom is -0.351 e. The number of thiophene rings is 1. The van der Waals surface area contributed by atoms with Gasteiger partial charge in [0.1, 0.15) is 4.83 Å². The number of hydrogen-bond donors (Lipinski definition) is 2. The first-order valence-corrected chi connectivity index (χ1v) is 8.98. The summed E-state index contributed by atoms with van der Waals surface area (Å²) in [7, 11) is 0. The molecule has 0 saturated carbocycles. The second kappa shape index (κ2) is 9.03. The van der Waals surface area contributed by atoms with Crippen molar-refractivity contribution in [2.45, 2.75) is 13.8 Å². The van der Waals surface area contributed by atoms with Crippen LogP contribution in [0.25, 0.3) is 9.53 Å². The number of hydrogen-bond acceptors (Lipinski definition) is 6. The van der Waals surface area contributed by atoms with E-state index in [4.69, 9.17) is 0 Å². The fraction of sp³-hybridized carbons (Fsp3) is 0.571. The predicted molar refractivity (Wildman–Crippen MR) is 104 cm³/mol. The van der Waals surface area contributed by atoms with Crippen LogP contribution >= 0.6 is 47.5 Å². The molecule has 1 amide bonds. The van der Waals surface area contributed by atoms with Gasteiger partial charge in [0.2, 0.25) is 0 Å². The molecule has 0 aliphatic carbocycles. The zero-order chi connectivity index (χ0) is 14.8. The van der Waals surface area contributed by atoms with Gasteiger partial charge in [-0.05, 0) is 19.9 Å². The molecule has 3 heterocycles. The van der Waals surface area contributed by atoms with Gasteiger partial charge in [0.25, 0.3) is 5.91 Å². The first-order valence-electron chi connectivity index (χ1n) is 7.35. The van der Waals surface area contributed by atoms with Gasteiger partial charge in [0.15, 0.2) is 5.13 Å². The van der Waals surface area contributed by atoms with E-state index in [1.165, 1.54) is 11.3 Å². The smallest absolute Gasteiger partial charge is 0.261 e. The predicted octanol–water partition coefficient (Wildman–Crippen LogP) is 3.00. The maximum atomic E-state index is 12.1. The minimum absolute atomic E-state index is 0. The largest absolute Gasteiger partial charge is 0.351 e. The molecule has 5 nitrogen and oxygen atoms in total. The maximum Gasteiger partial charge on any atom is 0.261 e. The summed E-state index contributed by atoms with van der Waals surface area (Å²) < 4.78 is 1.11. The van der Waals surface area contributed by atoms with E-state index in [0.29, 0.717) is 5.92 Å². The maximum absolute atomic E-state index is 12.1. The number of fused-ring (bicyclic) bond motifs is 1. The molecule has 0 radical (unpaired) electrons. The van der Waals surface area contributed by atoms with Crippen molar-refractivity contribution in [3.8, 4) is 0 Å². The lowest BCUT2D eigenvalue weighted by atomic mass is 10.0. The number of carbonyl (C=O) groups is 1. The Labute approximate surface area is 156 Å². The second-order valence-electron chi connectivity index (χ2n) is 5.18. The van der Waals surface area contributed by atoms with Crippen LogP contribution in [-0.2, 0) is 0 Å². The number of nitrogens with one attached hydrogen (secondary N) is 2. The molecule has 1 aliphatic rings. The van der Waals surface area contributed by atoms with Crippen molar-refractivity contribution in [1.29, 1.82) is 0 Å².